The van der Waals surface area contributed by atoms with Gasteiger partial charge in [0.15, 0.2) is 0 Å². The molecule has 0 aromatic rings. The van der Waals surface area contributed by atoms with Crippen LogP contribution < -0.4 is 11.1 Å². The minimum Gasteiger partial charge on any atom is -0.467 e. The first kappa shape index (κ1) is 11.0. The van der Waals surface area contributed by atoms with Crippen molar-refractivity contribution < 1.29 is 14.3 Å². The van der Waals surface area contributed by atoms with Crippen LogP contribution in [0.4, 0.5) is 0 Å². The highest BCUT2D eigenvalue weighted by Gasteiger charge is 2.40. The lowest BCUT2D eigenvalue weighted by atomic mass is 9.77. The Hall–Kier alpha value is -1.10. The molecule has 0 bridgehead atoms. The molecule has 14 heavy (non-hydrogen) atoms. The summed E-state index contributed by atoms with van der Waals surface area (Å²) in [4.78, 5) is 22.5. The predicted molar refractivity (Wildman–Crippen MR) is 50.4 cm³/mol. The highest BCUT2D eigenvalue weighted by molar-refractivity contribution is 5.90. The molecule has 0 unspecified atom stereocenters. The molecule has 1 amide bonds. The number of nitrogens with one attached hydrogen (secondary N) is 1. The first-order valence-corrected chi connectivity index (χ1v) is 4.67. The number of nitrogens with two attached hydrogens (primary N) is 1. The molecular formula is C9H16N2O3. The van der Waals surface area contributed by atoms with Crippen molar-refractivity contribution in [3.05, 3.63) is 0 Å². The second-order valence-corrected chi connectivity index (χ2v) is 3.73. The highest BCUT2D eigenvalue weighted by atomic mass is 16.5. The van der Waals surface area contributed by atoms with Gasteiger partial charge in [0.1, 0.15) is 6.04 Å². The van der Waals surface area contributed by atoms with Crippen LogP contribution in [0.25, 0.3) is 0 Å². The maximum Gasteiger partial charge on any atom is 0.328 e. The Balaban J connectivity index is 2.44. The minimum absolute atomic E-state index is 0.262. The standard InChI is InChI=1S/C9H16N2O3/c1-6(7(12)14-2)11-8(13)9(10)4-3-5-9/h6H,3-5,10H2,1-2H3,(H,11,13)/t6-/m0/s1. The predicted octanol–water partition coefficient (Wildman–Crippen LogP) is -0.454. The van der Waals surface area contributed by atoms with Crippen molar-refractivity contribution in [2.45, 2.75) is 37.8 Å². The average Bonchev–Trinajstić information content (AvgIpc) is 2.12. The number of amides is 1. The van der Waals surface area contributed by atoms with E-state index in [1.807, 2.05) is 0 Å². The van der Waals surface area contributed by atoms with Crippen LogP contribution in [0.2, 0.25) is 0 Å². The number of ether oxygens (including phenoxy) is 1. The summed E-state index contributed by atoms with van der Waals surface area (Å²) in [5.41, 5.74) is 5.01. The fourth-order valence-electron chi connectivity index (χ4n) is 1.36. The van der Waals surface area contributed by atoms with Gasteiger partial charge >= 0.3 is 5.97 Å². The van der Waals surface area contributed by atoms with E-state index in [1.165, 1.54) is 7.11 Å². The first-order chi connectivity index (χ1) is 6.49. The van der Waals surface area contributed by atoms with Crippen molar-refractivity contribution in [2.24, 2.45) is 5.73 Å². The number of esters is 1. The van der Waals surface area contributed by atoms with E-state index >= 15 is 0 Å². The van der Waals surface area contributed by atoms with E-state index in [-0.39, 0.29) is 5.91 Å². The number of rotatable bonds is 3. The molecule has 0 heterocycles. The number of methoxy groups -OCH3 is 1. The normalized spacial score (nSPS) is 20.5. The molecule has 1 saturated carbocycles. The van der Waals surface area contributed by atoms with E-state index in [4.69, 9.17) is 5.73 Å². The molecule has 0 aliphatic heterocycles. The Labute approximate surface area is 83.0 Å². The third-order valence-electron chi connectivity index (χ3n) is 2.60. The zero-order valence-corrected chi connectivity index (χ0v) is 8.50. The van der Waals surface area contributed by atoms with Gasteiger partial charge in [-0.3, -0.25) is 4.79 Å². The SMILES string of the molecule is COC(=O)[C@H](C)NC(=O)C1(N)CCC1. The molecule has 0 aromatic heterocycles. The Morgan fingerprint density at radius 3 is 2.43 bits per heavy atom. The van der Waals surface area contributed by atoms with E-state index in [9.17, 15) is 9.59 Å². The smallest absolute Gasteiger partial charge is 0.328 e. The summed E-state index contributed by atoms with van der Waals surface area (Å²) in [6, 6.07) is -0.631. The van der Waals surface area contributed by atoms with Crippen LogP contribution in [0.15, 0.2) is 0 Å². The fourth-order valence-corrected chi connectivity index (χ4v) is 1.36. The number of carbonyl (C=O) groups excluding carboxylic acids is 2. The lowest BCUT2D eigenvalue weighted by Crippen LogP contribution is -2.60. The Kier molecular flexibility index (Phi) is 3.10. The zero-order valence-electron chi connectivity index (χ0n) is 8.50. The summed E-state index contributed by atoms with van der Waals surface area (Å²) in [6.07, 6.45) is 2.34. The lowest BCUT2D eigenvalue weighted by Gasteiger charge is -2.36. The molecule has 1 rings (SSSR count). The van der Waals surface area contributed by atoms with Crippen molar-refractivity contribution in [3.8, 4) is 0 Å². The molecule has 0 aromatic carbocycles. The largest absolute Gasteiger partial charge is 0.467 e. The van der Waals surface area contributed by atoms with Gasteiger partial charge in [-0.2, -0.15) is 0 Å². The Bertz CT molecular complexity index is 248. The molecule has 0 radical (unpaired) electrons. The van der Waals surface area contributed by atoms with Crippen molar-refractivity contribution in [1.29, 1.82) is 0 Å². The molecule has 0 spiro atoms. The molecular weight excluding hydrogens is 184 g/mol. The molecule has 1 fully saturated rings. The molecule has 5 nitrogen and oxygen atoms in total. The Morgan fingerprint density at radius 2 is 2.07 bits per heavy atom. The topological polar surface area (TPSA) is 81.4 Å². The fraction of sp³-hybridized carbons (Fsp3) is 0.778. The van der Waals surface area contributed by atoms with Crippen LogP contribution in [0.1, 0.15) is 26.2 Å². The van der Waals surface area contributed by atoms with Gasteiger partial charge in [-0.15, -0.1) is 0 Å². The van der Waals surface area contributed by atoms with Gasteiger partial charge < -0.3 is 15.8 Å². The molecule has 1 atom stereocenters. The zero-order chi connectivity index (χ0) is 10.8. The van der Waals surface area contributed by atoms with Gasteiger partial charge in [0.2, 0.25) is 5.91 Å². The summed E-state index contributed by atoms with van der Waals surface area (Å²) in [6.45, 7) is 1.58. The second kappa shape index (κ2) is 3.96. The first-order valence-electron chi connectivity index (χ1n) is 4.67. The van der Waals surface area contributed by atoms with Crippen molar-refractivity contribution in [2.75, 3.05) is 7.11 Å². The van der Waals surface area contributed by atoms with E-state index in [0.717, 1.165) is 6.42 Å². The van der Waals surface area contributed by atoms with Crippen LogP contribution in [0, 0.1) is 0 Å². The van der Waals surface area contributed by atoms with Crippen molar-refractivity contribution in [3.63, 3.8) is 0 Å². The van der Waals surface area contributed by atoms with Gasteiger partial charge in [0, 0.05) is 0 Å². The third kappa shape index (κ3) is 2.04. The van der Waals surface area contributed by atoms with Crippen molar-refractivity contribution in [1.82, 2.24) is 5.32 Å². The Morgan fingerprint density at radius 1 is 1.50 bits per heavy atom. The summed E-state index contributed by atoms with van der Waals surface area (Å²) in [5.74, 6) is -0.720. The van der Waals surface area contributed by atoms with E-state index in [1.54, 1.807) is 6.92 Å². The average molecular weight is 200 g/mol. The van der Waals surface area contributed by atoms with Crippen LogP contribution in [-0.2, 0) is 14.3 Å². The van der Waals surface area contributed by atoms with E-state index in [2.05, 4.69) is 10.1 Å². The maximum atomic E-state index is 11.5. The summed E-state index contributed by atoms with van der Waals surface area (Å²) >= 11 is 0. The summed E-state index contributed by atoms with van der Waals surface area (Å²) in [7, 11) is 1.28. The molecule has 0 saturated heterocycles. The van der Waals surface area contributed by atoms with Gasteiger partial charge in [-0.05, 0) is 26.2 Å². The highest BCUT2D eigenvalue weighted by Crippen LogP contribution is 2.29. The van der Waals surface area contributed by atoms with Crippen LogP contribution in [0.5, 0.6) is 0 Å². The number of hydrogen-bond acceptors (Lipinski definition) is 4. The maximum absolute atomic E-state index is 11.5. The summed E-state index contributed by atoms with van der Waals surface area (Å²) in [5, 5.41) is 2.53. The lowest BCUT2D eigenvalue weighted by molar-refractivity contribution is -0.145. The van der Waals surface area contributed by atoms with Crippen LogP contribution in [-0.4, -0.2) is 30.6 Å². The molecule has 1 aliphatic carbocycles. The second-order valence-electron chi connectivity index (χ2n) is 3.73. The molecule has 80 valence electrons. The molecule has 1 aliphatic rings. The molecule has 5 heteroatoms. The van der Waals surface area contributed by atoms with E-state index < -0.39 is 17.6 Å². The third-order valence-corrected chi connectivity index (χ3v) is 2.60. The van der Waals surface area contributed by atoms with Crippen LogP contribution >= 0.6 is 0 Å². The van der Waals surface area contributed by atoms with Gasteiger partial charge in [-0.1, -0.05) is 0 Å². The van der Waals surface area contributed by atoms with Crippen LogP contribution in [0.3, 0.4) is 0 Å². The molecule has 3 N–H and O–H groups in total. The van der Waals surface area contributed by atoms with E-state index in [0.29, 0.717) is 12.8 Å². The minimum atomic E-state index is -0.762. The monoisotopic (exact) mass is 200 g/mol. The van der Waals surface area contributed by atoms with Gasteiger partial charge in [0.05, 0.1) is 12.6 Å². The quantitative estimate of drug-likeness (QED) is 0.604. The number of carbonyl (C=O) groups is 2. The van der Waals surface area contributed by atoms with Gasteiger partial charge in [0.25, 0.3) is 0 Å². The number of hydrogen-bond donors (Lipinski definition) is 2. The van der Waals surface area contributed by atoms with Crippen molar-refractivity contribution >= 4 is 11.9 Å². The summed E-state index contributed by atoms with van der Waals surface area (Å²) < 4.78 is 4.48. The van der Waals surface area contributed by atoms with Gasteiger partial charge in [-0.25, -0.2) is 4.79 Å².